The van der Waals surface area contributed by atoms with Gasteiger partial charge in [-0.15, -0.1) is 0 Å². The van der Waals surface area contributed by atoms with E-state index in [0.717, 1.165) is 12.4 Å². The Kier molecular flexibility index (Phi) is 3.06. The van der Waals surface area contributed by atoms with E-state index >= 15 is 0 Å². The Morgan fingerprint density at radius 3 is 3.00 bits per heavy atom. The SMILES string of the molecule is CNC1CCC(C)(CC2COc3ccccc32)C1. The molecule has 18 heavy (non-hydrogen) atoms. The second kappa shape index (κ2) is 4.58. The molecule has 1 saturated carbocycles. The molecule has 0 amide bonds. The van der Waals surface area contributed by atoms with Crippen LogP contribution in [-0.2, 0) is 0 Å². The summed E-state index contributed by atoms with van der Waals surface area (Å²) in [6.07, 6.45) is 5.24. The molecule has 2 heteroatoms. The van der Waals surface area contributed by atoms with E-state index in [-0.39, 0.29) is 0 Å². The molecule has 0 radical (unpaired) electrons. The Hall–Kier alpha value is -1.02. The summed E-state index contributed by atoms with van der Waals surface area (Å²) in [7, 11) is 2.09. The average molecular weight is 245 g/mol. The smallest absolute Gasteiger partial charge is 0.122 e. The fraction of sp³-hybridized carbons (Fsp3) is 0.625. The van der Waals surface area contributed by atoms with Crippen molar-refractivity contribution in [3.63, 3.8) is 0 Å². The van der Waals surface area contributed by atoms with Crippen molar-refractivity contribution >= 4 is 0 Å². The number of hydrogen-bond acceptors (Lipinski definition) is 2. The first-order chi connectivity index (χ1) is 8.70. The van der Waals surface area contributed by atoms with Crippen molar-refractivity contribution in [3.8, 4) is 5.75 Å². The molecular formula is C16H23NO. The van der Waals surface area contributed by atoms with Gasteiger partial charge in [-0.2, -0.15) is 0 Å². The van der Waals surface area contributed by atoms with Crippen molar-refractivity contribution in [2.75, 3.05) is 13.7 Å². The fourth-order valence-electron chi connectivity index (χ4n) is 3.75. The van der Waals surface area contributed by atoms with Gasteiger partial charge in [-0.25, -0.2) is 0 Å². The van der Waals surface area contributed by atoms with Gasteiger partial charge in [0.15, 0.2) is 0 Å². The normalized spacial score (nSPS) is 34.3. The second-order valence-corrected chi connectivity index (χ2v) is 6.29. The van der Waals surface area contributed by atoms with E-state index in [1.165, 1.54) is 31.2 Å². The van der Waals surface area contributed by atoms with Crippen molar-refractivity contribution in [2.24, 2.45) is 5.41 Å². The van der Waals surface area contributed by atoms with Crippen LogP contribution in [0, 0.1) is 5.41 Å². The minimum absolute atomic E-state index is 0.485. The van der Waals surface area contributed by atoms with Crippen molar-refractivity contribution in [2.45, 2.75) is 44.6 Å². The summed E-state index contributed by atoms with van der Waals surface area (Å²) in [6, 6.07) is 9.25. The molecule has 0 bridgehead atoms. The Morgan fingerprint density at radius 1 is 1.39 bits per heavy atom. The summed E-state index contributed by atoms with van der Waals surface area (Å²) in [4.78, 5) is 0. The van der Waals surface area contributed by atoms with E-state index in [1.807, 2.05) is 0 Å². The minimum Gasteiger partial charge on any atom is -0.493 e. The van der Waals surface area contributed by atoms with Gasteiger partial charge in [0.25, 0.3) is 0 Å². The van der Waals surface area contributed by atoms with Gasteiger partial charge < -0.3 is 10.1 Å². The van der Waals surface area contributed by atoms with Gasteiger partial charge >= 0.3 is 0 Å². The van der Waals surface area contributed by atoms with Crippen LogP contribution in [0.5, 0.6) is 5.75 Å². The van der Waals surface area contributed by atoms with Crippen molar-refractivity contribution in [1.82, 2.24) is 5.32 Å². The summed E-state index contributed by atoms with van der Waals surface area (Å²) < 4.78 is 5.80. The molecule has 3 atom stereocenters. The lowest BCUT2D eigenvalue weighted by molar-refractivity contribution is 0.241. The molecule has 0 aromatic heterocycles. The molecule has 1 aromatic rings. The van der Waals surface area contributed by atoms with E-state index in [2.05, 4.69) is 43.6 Å². The van der Waals surface area contributed by atoms with Crippen LogP contribution in [0.25, 0.3) is 0 Å². The first-order valence-electron chi connectivity index (χ1n) is 7.09. The number of para-hydroxylation sites is 1. The van der Waals surface area contributed by atoms with Gasteiger partial charge in [-0.3, -0.25) is 0 Å². The van der Waals surface area contributed by atoms with Crippen LogP contribution in [0.4, 0.5) is 0 Å². The van der Waals surface area contributed by atoms with E-state index in [0.29, 0.717) is 17.4 Å². The van der Waals surface area contributed by atoms with E-state index in [9.17, 15) is 0 Å². The molecular weight excluding hydrogens is 222 g/mol. The van der Waals surface area contributed by atoms with Crippen molar-refractivity contribution in [1.29, 1.82) is 0 Å². The molecule has 3 rings (SSSR count). The number of hydrogen-bond donors (Lipinski definition) is 1. The maximum absolute atomic E-state index is 5.80. The predicted octanol–water partition coefficient (Wildman–Crippen LogP) is 3.33. The van der Waals surface area contributed by atoms with Crippen LogP contribution in [0.1, 0.15) is 44.1 Å². The van der Waals surface area contributed by atoms with Crippen LogP contribution in [0.2, 0.25) is 0 Å². The van der Waals surface area contributed by atoms with Gasteiger partial charge in [-0.1, -0.05) is 25.1 Å². The first-order valence-corrected chi connectivity index (χ1v) is 7.09. The van der Waals surface area contributed by atoms with Crippen LogP contribution in [0.15, 0.2) is 24.3 Å². The number of fused-ring (bicyclic) bond motifs is 1. The lowest BCUT2D eigenvalue weighted by Gasteiger charge is -2.27. The minimum atomic E-state index is 0.485. The van der Waals surface area contributed by atoms with Gasteiger partial charge in [0, 0.05) is 17.5 Å². The first kappa shape index (κ1) is 12.0. The van der Waals surface area contributed by atoms with Crippen LogP contribution in [0.3, 0.4) is 0 Å². The predicted molar refractivity (Wildman–Crippen MR) is 74.1 cm³/mol. The van der Waals surface area contributed by atoms with Crippen LogP contribution >= 0.6 is 0 Å². The van der Waals surface area contributed by atoms with E-state index < -0.39 is 0 Å². The van der Waals surface area contributed by atoms with Crippen LogP contribution < -0.4 is 10.1 Å². The maximum atomic E-state index is 5.80. The largest absolute Gasteiger partial charge is 0.493 e. The summed E-state index contributed by atoms with van der Waals surface area (Å²) in [6.45, 7) is 3.32. The number of benzene rings is 1. The molecule has 1 aromatic carbocycles. The Balaban J connectivity index is 1.71. The Bertz CT molecular complexity index is 431. The maximum Gasteiger partial charge on any atom is 0.122 e. The number of ether oxygens (including phenoxy) is 1. The zero-order chi connectivity index (χ0) is 12.6. The lowest BCUT2D eigenvalue weighted by Crippen LogP contribution is -2.25. The molecule has 1 aliphatic heterocycles. The van der Waals surface area contributed by atoms with Crippen molar-refractivity contribution in [3.05, 3.63) is 29.8 Å². The average Bonchev–Trinajstić information content (AvgIpc) is 2.95. The molecule has 2 aliphatic rings. The quantitative estimate of drug-likeness (QED) is 0.882. The Morgan fingerprint density at radius 2 is 2.22 bits per heavy atom. The zero-order valence-electron chi connectivity index (χ0n) is 11.4. The molecule has 1 fully saturated rings. The van der Waals surface area contributed by atoms with Gasteiger partial charge in [0.05, 0.1) is 6.61 Å². The third-order valence-electron chi connectivity index (χ3n) is 4.78. The summed E-state index contributed by atoms with van der Waals surface area (Å²) >= 11 is 0. The van der Waals surface area contributed by atoms with E-state index in [1.54, 1.807) is 0 Å². The topological polar surface area (TPSA) is 21.3 Å². The number of rotatable bonds is 3. The second-order valence-electron chi connectivity index (χ2n) is 6.29. The molecule has 2 nitrogen and oxygen atoms in total. The molecule has 0 saturated heterocycles. The van der Waals surface area contributed by atoms with Gasteiger partial charge in [-0.05, 0) is 44.2 Å². The standard InChI is InChI=1S/C16H23NO/c1-16(8-7-13(10-16)17-2)9-12-11-18-15-6-4-3-5-14(12)15/h3-6,12-13,17H,7-11H2,1-2H3. The summed E-state index contributed by atoms with van der Waals surface area (Å²) in [5.41, 5.74) is 1.91. The molecule has 1 heterocycles. The third kappa shape index (κ3) is 2.14. The summed E-state index contributed by atoms with van der Waals surface area (Å²) in [5, 5.41) is 3.43. The molecule has 3 unspecified atom stereocenters. The van der Waals surface area contributed by atoms with Crippen LogP contribution in [-0.4, -0.2) is 19.7 Å². The monoisotopic (exact) mass is 245 g/mol. The Labute approximate surface area is 110 Å². The molecule has 1 aliphatic carbocycles. The van der Waals surface area contributed by atoms with Gasteiger partial charge in [0.1, 0.15) is 5.75 Å². The fourth-order valence-corrected chi connectivity index (χ4v) is 3.75. The highest BCUT2D eigenvalue weighted by molar-refractivity contribution is 5.39. The number of nitrogens with one attached hydrogen (secondary N) is 1. The highest BCUT2D eigenvalue weighted by atomic mass is 16.5. The molecule has 1 N–H and O–H groups in total. The van der Waals surface area contributed by atoms with Crippen molar-refractivity contribution < 1.29 is 4.74 Å². The lowest BCUT2D eigenvalue weighted by atomic mass is 9.78. The highest BCUT2D eigenvalue weighted by Gasteiger charge is 2.38. The van der Waals surface area contributed by atoms with Gasteiger partial charge in [0.2, 0.25) is 0 Å². The molecule has 98 valence electrons. The zero-order valence-corrected chi connectivity index (χ0v) is 11.4. The summed E-state index contributed by atoms with van der Waals surface area (Å²) in [5.74, 6) is 1.70. The molecule has 0 spiro atoms. The highest BCUT2D eigenvalue weighted by Crippen LogP contribution is 2.47. The van der Waals surface area contributed by atoms with E-state index in [4.69, 9.17) is 4.74 Å². The third-order valence-corrected chi connectivity index (χ3v) is 4.78.